The van der Waals surface area contributed by atoms with Gasteiger partial charge in [-0.05, 0) is 20.3 Å². The molecule has 0 saturated heterocycles. The third kappa shape index (κ3) is 2.13. The number of azo groups is 1. The third-order valence-corrected chi connectivity index (χ3v) is 1.29. The Kier molecular flexibility index (Phi) is 2.00. The van der Waals surface area contributed by atoms with Gasteiger partial charge in [0, 0.05) is 6.20 Å². The van der Waals surface area contributed by atoms with Gasteiger partial charge in [0.1, 0.15) is 0 Å². The zero-order valence-corrected chi connectivity index (χ0v) is 6.41. The molecule has 0 aromatic heterocycles. The summed E-state index contributed by atoms with van der Waals surface area (Å²) in [6.07, 6.45) is 8.86. The number of rotatable bonds is 0. The Balaban J connectivity index is 2.78. The summed E-state index contributed by atoms with van der Waals surface area (Å²) in [6, 6.07) is 0. The Bertz CT molecular complexity index is 187. The molecule has 0 radical (unpaired) electrons. The molecule has 0 amide bonds. The van der Waals surface area contributed by atoms with Gasteiger partial charge in [0.25, 0.3) is 0 Å². The zero-order valence-electron chi connectivity index (χ0n) is 6.41. The second-order valence-corrected chi connectivity index (χ2v) is 2.89. The van der Waals surface area contributed by atoms with Crippen LogP contribution in [0.2, 0.25) is 0 Å². The molecule has 2 heteroatoms. The smallest absolute Gasteiger partial charge is 0.0943 e. The summed E-state index contributed by atoms with van der Waals surface area (Å²) >= 11 is 0. The molecule has 0 aliphatic carbocycles. The van der Waals surface area contributed by atoms with Gasteiger partial charge in [-0.2, -0.15) is 10.2 Å². The maximum atomic E-state index is 4.07. The molecule has 0 aromatic carbocycles. The lowest BCUT2D eigenvalue weighted by Crippen LogP contribution is -2.11. The van der Waals surface area contributed by atoms with Crippen molar-refractivity contribution in [3.05, 3.63) is 24.4 Å². The van der Waals surface area contributed by atoms with Crippen LogP contribution in [-0.4, -0.2) is 5.54 Å². The molecule has 0 saturated carbocycles. The zero-order chi connectivity index (χ0) is 7.45. The minimum absolute atomic E-state index is 0.120. The molecular weight excluding hydrogens is 124 g/mol. The minimum atomic E-state index is -0.120. The van der Waals surface area contributed by atoms with Gasteiger partial charge in [0.05, 0.1) is 5.54 Å². The Morgan fingerprint density at radius 1 is 1.30 bits per heavy atom. The van der Waals surface area contributed by atoms with E-state index in [-0.39, 0.29) is 5.54 Å². The van der Waals surface area contributed by atoms with Crippen molar-refractivity contribution in [2.45, 2.75) is 25.8 Å². The summed E-state index contributed by atoms with van der Waals surface area (Å²) in [5.74, 6) is 0. The molecule has 0 N–H and O–H groups in total. The van der Waals surface area contributed by atoms with Crippen LogP contribution in [0.4, 0.5) is 0 Å². The van der Waals surface area contributed by atoms with Crippen LogP contribution >= 0.6 is 0 Å². The summed E-state index contributed by atoms with van der Waals surface area (Å²) in [4.78, 5) is 0. The second-order valence-electron chi connectivity index (χ2n) is 2.89. The van der Waals surface area contributed by atoms with Gasteiger partial charge >= 0.3 is 0 Å². The summed E-state index contributed by atoms with van der Waals surface area (Å²) in [5.41, 5.74) is -0.120. The van der Waals surface area contributed by atoms with E-state index in [1.807, 2.05) is 19.9 Å². The Hall–Kier alpha value is -0.920. The molecule has 10 heavy (non-hydrogen) atoms. The Morgan fingerprint density at radius 3 is 2.90 bits per heavy atom. The molecule has 0 bridgehead atoms. The summed E-state index contributed by atoms with van der Waals surface area (Å²) in [6.45, 7) is 4.07. The van der Waals surface area contributed by atoms with Crippen LogP contribution < -0.4 is 0 Å². The topological polar surface area (TPSA) is 24.7 Å². The maximum absolute atomic E-state index is 4.07. The number of nitrogens with zero attached hydrogens (tertiary/aromatic N) is 2. The summed E-state index contributed by atoms with van der Waals surface area (Å²) < 4.78 is 0. The van der Waals surface area contributed by atoms with Crippen molar-refractivity contribution in [2.75, 3.05) is 0 Å². The minimum Gasteiger partial charge on any atom is -0.179 e. The van der Waals surface area contributed by atoms with Gasteiger partial charge in [0.15, 0.2) is 0 Å². The van der Waals surface area contributed by atoms with E-state index in [4.69, 9.17) is 0 Å². The van der Waals surface area contributed by atoms with E-state index in [9.17, 15) is 0 Å². The van der Waals surface area contributed by atoms with E-state index in [0.29, 0.717) is 0 Å². The van der Waals surface area contributed by atoms with Crippen molar-refractivity contribution in [3.63, 3.8) is 0 Å². The maximum Gasteiger partial charge on any atom is 0.0943 e. The van der Waals surface area contributed by atoms with Crippen LogP contribution in [0.5, 0.6) is 0 Å². The van der Waals surface area contributed by atoms with E-state index in [0.717, 1.165) is 6.42 Å². The van der Waals surface area contributed by atoms with Crippen LogP contribution in [0.3, 0.4) is 0 Å². The van der Waals surface area contributed by atoms with Crippen molar-refractivity contribution >= 4 is 0 Å². The van der Waals surface area contributed by atoms with E-state index < -0.39 is 0 Å². The van der Waals surface area contributed by atoms with E-state index in [1.54, 1.807) is 6.20 Å². The first-order chi connectivity index (χ1) is 4.71. The van der Waals surface area contributed by atoms with E-state index in [1.165, 1.54) is 0 Å². The number of hydrogen-bond acceptors (Lipinski definition) is 2. The summed E-state index contributed by atoms with van der Waals surface area (Å²) in [7, 11) is 0. The van der Waals surface area contributed by atoms with Crippen molar-refractivity contribution in [2.24, 2.45) is 10.2 Å². The van der Waals surface area contributed by atoms with Gasteiger partial charge in [-0.15, -0.1) is 0 Å². The fraction of sp³-hybridized carbons (Fsp3) is 0.500. The highest BCUT2D eigenvalue weighted by Crippen LogP contribution is 2.13. The first-order valence-corrected chi connectivity index (χ1v) is 3.45. The van der Waals surface area contributed by atoms with E-state index >= 15 is 0 Å². The monoisotopic (exact) mass is 136 g/mol. The molecule has 1 heterocycles. The molecular formula is C8H12N2. The molecule has 1 aliphatic rings. The third-order valence-electron chi connectivity index (χ3n) is 1.29. The second kappa shape index (κ2) is 2.78. The predicted molar refractivity (Wildman–Crippen MR) is 41.8 cm³/mol. The average molecular weight is 136 g/mol. The largest absolute Gasteiger partial charge is 0.179 e. The molecule has 0 aromatic rings. The van der Waals surface area contributed by atoms with Crippen LogP contribution in [0.1, 0.15) is 20.3 Å². The average Bonchev–Trinajstić information content (AvgIpc) is 1.81. The van der Waals surface area contributed by atoms with Gasteiger partial charge in [-0.1, -0.05) is 18.2 Å². The van der Waals surface area contributed by atoms with Crippen LogP contribution in [0, 0.1) is 0 Å². The molecule has 0 spiro atoms. The molecule has 1 aliphatic heterocycles. The first-order valence-electron chi connectivity index (χ1n) is 3.45. The first kappa shape index (κ1) is 7.19. The van der Waals surface area contributed by atoms with E-state index in [2.05, 4.69) is 22.4 Å². The lowest BCUT2D eigenvalue weighted by molar-refractivity contribution is 0.615. The number of hydrogen-bond donors (Lipinski definition) is 0. The fourth-order valence-corrected chi connectivity index (χ4v) is 0.758. The van der Waals surface area contributed by atoms with Crippen LogP contribution in [-0.2, 0) is 0 Å². The molecule has 2 nitrogen and oxygen atoms in total. The van der Waals surface area contributed by atoms with Crippen molar-refractivity contribution < 1.29 is 0 Å². The molecule has 54 valence electrons. The van der Waals surface area contributed by atoms with Gasteiger partial charge in [-0.3, -0.25) is 0 Å². The van der Waals surface area contributed by atoms with Gasteiger partial charge < -0.3 is 0 Å². The van der Waals surface area contributed by atoms with Gasteiger partial charge in [-0.25, -0.2) is 0 Å². The molecule has 1 rings (SSSR count). The highest BCUT2D eigenvalue weighted by molar-refractivity contribution is 5.05. The summed E-state index contributed by atoms with van der Waals surface area (Å²) in [5, 5.41) is 7.94. The van der Waals surface area contributed by atoms with Crippen molar-refractivity contribution in [1.82, 2.24) is 0 Å². The molecule has 0 atom stereocenters. The quantitative estimate of drug-likeness (QED) is 0.457. The van der Waals surface area contributed by atoms with Crippen molar-refractivity contribution in [1.29, 1.82) is 0 Å². The normalized spacial score (nSPS) is 28.6. The molecule has 0 fully saturated rings. The van der Waals surface area contributed by atoms with Gasteiger partial charge in [0.2, 0.25) is 0 Å². The highest BCUT2D eigenvalue weighted by atomic mass is 15.1. The number of allylic oxidation sites excluding steroid dienone is 2. The van der Waals surface area contributed by atoms with Crippen molar-refractivity contribution in [3.8, 4) is 0 Å². The fourth-order valence-electron chi connectivity index (χ4n) is 0.758. The van der Waals surface area contributed by atoms with Crippen LogP contribution in [0.25, 0.3) is 0 Å². The standard InChI is InChI=1S/C8H12N2/c1-8(2)6-4-3-5-7-9-10-8/h4-7H,3H2,1-2H3/b6-4-,7-5-,10-9?. The van der Waals surface area contributed by atoms with Crippen LogP contribution in [0.15, 0.2) is 34.7 Å². The lowest BCUT2D eigenvalue weighted by atomic mass is 10.1. The Morgan fingerprint density at radius 2 is 2.10 bits per heavy atom. The lowest BCUT2D eigenvalue weighted by Gasteiger charge is -2.11. The Labute approximate surface area is 61.4 Å². The predicted octanol–water partition coefficient (Wildman–Crippen LogP) is 2.69. The SMILES string of the molecule is CC1(C)/C=C\C/C=C\N=N1. The molecule has 0 unspecified atom stereocenters. The highest BCUT2D eigenvalue weighted by Gasteiger charge is 2.10.